The molecule has 0 aliphatic rings. The maximum Gasteiger partial charge on any atom is 0.244 e. The first kappa shape index (κ1) is 16.1. The molecule has 0 aromatic heterocycles. The molecular weight excluding hydrogens is 357 g/mol. The van der Waals surface area contributed by atoms with E-state index >= 15 is 0 Å². The monoisotopic (exact) mass is 371 g/mol. The van der Waals surface area contributed by atoms with Crippen LogP contribution in [0.2, 0.25) is 0 Å². The van der Waals surface area contributed by atoms with Crippen molar-refractivity contribution in [2.75, 3.05) is 0 Å². The van der Waals surface area contributed by atoms with Crippen LogP contribution < -0.4 is 4.72 Å². The van der Waals surface area contributed by atoms with Crippen molar-refractivity contribution in [2.24, 2.45) is 0 Å². The summed E-state index contributed by atoms with van der Waals surface area (Å²) in [7, 11) is -3.91. The molecule has 1 N–H and O–H groups in total. The minimum Gasteiger partial charge on any atom is -0.207 e. The van der Waals surface area contributed by atoms with Crippen LogP contribution in [0.3, 0.4) is 0 Å². The molecule has 2 aromatic rings. The van der Waals surface area contributed by atoms with Crippen molar-refractivity contribution in [1.29, 1.82) is 0 Å². The molecule has 2 aromatic carbocycles. The summed E-state index contributed by atoms with van der Waals surface area (Å²) in [4.78, 5) is -0.357. The van der Waals surface area contributed by atoms with Gasteiger partial charge in [-0.25, -0.2) is 17.5 Å². The molecule has 0 saturated heterocycles. The molecular formula is C15H15BrFNO2S. The number of hydrogen-bond acceptors (Lipinski definition) is 2. The van der Waals surface area contributed by atoms with Crippen molar-refractivity contribution < 1.29 is 12.8 Å². The molecule has 0 aliphatic carbocycles. The Bertz CT molecular complexity index is 745. The molecule has 1 unspecified atom stereocenters. The van der Waals surface area contributed by atoms with Crippen LogP contribution in [0.25, 0.3) is 0 Å². The van der Waals surface area contributed by atoms with E-state index in [0.717, 1.165) is 17.2 Å². The summed E-state index contributed by atoms with van der Waals surface area (Å²) in [6.07, 6.45) is 0. The highest BCUT2D eigenvalue weighted by Crippen LogP contribution is 2.22. The van der Waals surface area contributed by atoms with E-state index in [9.17, 15) is 12.8 Å². The lowest BCUT2D eigenvalue weighted by molar-refractivity contribution is 0.546. The maximum atomic E-state index is 13.8. The van der Waals surface area contributed by atoms with Gasteiger partial charge < -0.3 is 0 Å². The fourth-order valence-corrected chi connectivity index (χ4v) is 3.54. The molecule has 21 heavy (non-hydrogen) atoms. The smallest absolute Gasteiger partial charge is 0.207 e. The fourth-order valence-electron chi connectivity index (χ4n) is 1.91. The molecule has 2 rings (SSSR count). The van der Waals surface area contributed by atoms with E-state index in [4.69, 9.17) is 0 Å². The Kier molecular flexibility index (Phi) is 4.81. The molecule has 6 heteroatoms. The molecule has 112 valence electrons. The molecule has 0 heterocycles. The Morgan fingerprint density at radius 2 is 1.76 bits per heavy atom. The fraction of sp³-hybridized carbons (Fsp3) is 0.200. The molecule has 0 bridgehead atoms. The summed E-state index contributed by atoms with van der Waals surface area (Å²) in [6.45, 7) is 3.68. The van der Waals surface area contributed by atoms with Gasteiger partial charge in [-0.3, -0.25) is 0 Å². The van der Waals surface area contributed by atoms with Gasteiger partial charge in [0.15, 0.2) is 0 Å². The highest BCUT2D eigenvalue weighted by Gasteiger charge is 2.22. The average Bonchev–Trinajstić information content (AvgIpc) is 2.38. The second-order valence-corrected chi connectivity index (χ2v) is 7.43. The maximum absolute atomic E-state index is 13.8. The quantitative estimate of drug-likeness (QED) is 0.884. The molecule has 0 amide bonds. The van der Waals surface area contributed by atoms with Gasteiger partial charge in [0.2, 0.25) is 10.0 Å². The Morgan fingerprint density at radius 1 is 1.14 bits per heavy atom. The van der Waals surface area contributed by atoms with Gasteiger partial charge in [0.1, 0.15) is 10.7 Å². The second kappa shape index (κ2) is 6.25. The van der Waals surface area contributed by atoms with E-state index in [2.05, 4.69) is 20.7 Å². The zero-order chi connectivity index (χ0) is 15.6. The molecule has 0 saturated carbocycles. The molecule has 0 radical (unpaired) electrons. The van der Waals surface area contributed by atoms with Crippen LogP contribution in [0.4, 0.5) is 4.39 Å². The van der Waals surface area contributed by atoms with E-state index in [1.165, 1.54) is 12.1 Å². The van der Waals surface area contributed by atoms with Crippen molar-refractivity contribution in [3.8, 4) is 0 Å². The van der Waals surface area contributed by atoms with E-state index in [0.29, 0.717) is 4.47 Å². The molecule has 0 spiro atoms. The first-order valence-corrected chi connectivity index (χ1v) is 8.61. The van der Waals surface area contributed by atoms with Crippen molar-refractivity contribution in [2.45, 2.75) is 24.8 Å². The number of aryl methyl sites for hydroxylation is 1. The summed E-state index contributed by atoms with van der Waals surface area (Å²) in [6, 6.07) is 10.9. The van der Waals surface area contributed by atoms with Crippen LogP contribution in [-0.2, 0) is 10.0 Å². The van der Waals surface area contributed by atoms with Gasteiger partial charge >= 0.3 is 0 Å². The summed E-state index contributed by atoms with van der Waals surface area (Å²) >= 11 is 3.10. The number of hydrogen-bond donors (Lipinski definition) is 1. The van der Waals surface area contributed by atoms with Crippen LogP contribution >= 0.6 is 15.9 Å². The first-order chi connectivity index (χ1) is 9.79. The van der Waals surface area contributed by atoms with Crippen LogP contribution in [-0.4, -0.2) is 8.42 Å². The Labute approximate surface area is 132 Å². The Balaban J connectivity index is 2.26. The number of halogens is 2. The van der Waals surface area contributed by atoms with Crippen molar-refractivity contribution in [1.82, 2.24) is 4.72 Å². The van der Waals surface area contributed by atoms with E-state index < -0.39 is 21.9 Å². The predicted molar refractivity (Wildman–Crippen MR) is 84.0 cm³/mol. The largest absolute Gasteiger partial charge is 0.244 e. The highest BCUT2D eigenvalue weighted by atomic mass is 79.9. The summed E-state index contributed by atoms with van der Waals surface area (Å²) in [5, 5.41) is 0. The SMILES string of the molecule is Cc1ccc(C(C)NS(=O)(=O)c2ccc(Br)cc2F)cc1. The first-order valence-electron chi connectivity index (χ1n) is 6.33. The summed E-state index contributed by atoms with van der Waals surface area (Å²) < 4.78 is 41.3. The van der Waals surface area contributed by atoms with Crippen molar-refractivity contribution in [3.05, 3.63) is 63.9 Å². The number of sulfonamides is 1. The zero-order valence-corrected chi connectivity index (χ0v) is 14.0. The van der Waals surface area contributed by atoms with E-state index in [-0.39, 0.29) is 4.90 Å². The highest BCUT2D eigenvalue weighted by molar-refractivity contribution is 9.10. The van der Waals surface area contributed by atoms with Gasteiger partial charge in [-0.1, -0.05) is 45.8 Å². The lowest BCUT2D eigenvalue weighted by Crippen LogP contribution is -2.27. The Hall–Kier alpha value is -1.24. The molecule has 0 aliphatic heterocycles. The van der Waals surface area contributed by atoms with Crippen LogP contribution in [0.15, 0.2) is 51.8 Å². The van der Waals surface area contributed by atoms with E-state index in [1.807, 2.05) is 31.2 Å². The number of rotatable bonds is 4. The minimum absolute atomic E-state index is 0.357. The topological polar surface area (TPSA) is 46.2 Å². The van der Waals surface area contributed by atoms with E-state index in [1.54, 1.807) is 6.92 Å². The number of nitrogens with one attached hydrogen (secondary N) is 1. The van der Waals surface area contributed by atoms with Gasteiger partial charge in [-0.15, -0.1) is 0 Å². The van der Waals surface area contributed by atoms with Crippen molar-refractivity contribution in [3.63, 3.8) is 0 Å². The molecule has 3 nitrogen and oxygen atoms in total. The second-order valence-electron chi connectivity index (χ2n) is 4.83. The Morgan fingerprint density at radius 3 is 2.33 bits per heavy atom. The lowest BCUT2D eigenvalue weighted by atomic mass is 10.1. The average molecular weight is 372 g/mol. The summed E-state index contributed by atoms with van der Waals surface area (Å²) in [5.41, 5.74) is 1.91. The van der Waals surface area contributed by atoms with Gasteiger partial charge in [-0.05, 0) is 37.6 Å². The lowest BCUT2D eigenvalue weighted by Gasteiger charge is -2.15. The van der Waals surface area contributed by atoms with Gasteiger partial charge in [0, 0.05) is 10.5 Å². The van der Waals surface area contributed by atoms with Crippen molar-refractivity contribution >= 4 is 26.0 Å². The van der Waals surface area contributed by atoms with Crippen LogP contribution in [0, 0.1) is 12.7 Å². The third kappa shape index (κ3) is 3.90. The van der Waals surface area contributed by atoms with Gasteiger partial charge in [-0.2, -0.15) is 0 Å². The minimum atomic E-state index is -3.91. The standard InChI is InChI=1S/C15H15BrFNO2S/c1-10-3-5-12(6-4-10)11(2)18-21(19,20)15-8-7-13(16)9-14(15)17/h3-9,11,18H,1-2H3. The summed E-state index contributed by atoms with van der Waals surface area (Å²) in [5.74, 6) is -0.784. The molecule has 0 fully saturated rings. The predicted octanol–water partition coefficient (Wildman–Crippen LogP) is 3.94. The number of benzene rings is 2. The van der Waals surface area contributed by atoms with Gasteiger partial charge in [0.05, 0.1) is 0 Å². The van der Waals surface area contributed by atoms with Gasteiger partial charge in [0.25, 0.3) is 0 Å². The third-order valence-electron chi connectivity index (χ3n) is 3.09. The van der Waals surface area contributed by atoms with Crippen LogP contribution in [0.1, 0.15) is 24.1 Å². The normalized spacial score (nSPS) is 13.1. The van der Waals surface area contributed by atoms with Crippen LogP contribution in [0.5, 0.6) is 0 Å². The zero-order valence-electron chi connectivity index (χ0n) is 11.6. The third-order valence-corrected chi connectivity index (χ3v) is 5.16. The molecule has 1 atom stereocenters.